The number of rotatable bonds is 6. The Morgan fingerprint density at radius 1 is 0.606 bits per heavy atom. The van der Waals surface area contributed by atoms with E-state index in [0.29, 0.717) is 21.2 Å². The molecule has 2 fully saturated rings. The van der Waals surface area contributed by atoms with Crippen LogP contribution in [-0.2, 0) is 0 Å². The van der Waals surface area contributed by atoms with Crippen molar-refractivity contribution in [3.63, 3.8) is 0 Å². The molecule has 2 saturated carbocycles. The van der Waals surface area contributed by atoms with Gasteiger partial charge in [0.05, 0.1) is 0 Å². The van der Waals surface area contributed by atoms with E-state index >= 15 is 0 Å². The van der Waals surface area contributed by atoms with Crippen molar-refractivity contribution in [1.82, 2.24) is 10.6 Å². The second-order valence-electron chi connectivity index (χ2n) is 9.63. The second-order valence-corrected chi connectivity index (χ2v) is 10.5. The molecule has 2 aromatic carbocycles. The van der Waals surface area contributed by atoms with Crippen LogP contribution in [0.2, 0.25) is 10.0 Å². The maximum absolute atomic E-state index is 12.4. The van der Waals surface area contributed by atoms with E-state index < -0.39 is 0 Å². The molecule has 4 nitrogen and oxygen atoms in total. The lowest BCUT2D eigenvalue weighted by Gasteiger charge is -2.34. The van der Waals surface area contributed by atoms with Gasteiger partial charge in [0, 0.05) is 33.3 Å². The standard InChI is InChI=1S/C27H32Cl2N2O2/c28-22-9-5-20(6-10-22)26(32)30-24-13-1-18(2-14-24)17-19-3-15-25(16-4-19)31-27(33)21-7-11-23(29)12-8-21/h5-12,18-19,24-25H,1-4,13-17H2,(H,30,32)(H,31,33). The van der Waals surface area contributed by atoms with Crippen molar-refractivity contribution < 1.29 is 9.59 Å². The van der Waals surface area contributed by atoms with E-state index in [1.165, 1.54) is 32.1 Å². The number of hydrogen-bond acceptors (Lipinski definition) is 2. The first kappa shape index (κ1) is 24.1. The zero-order chi connectivity index (χ0) is 23.2. The van der Waals surface area contributed by atoms with Crippen molar-refractivity contribution in [2.75, 3.05) is 0 Å². The Balaban J connectivity index is 1.14. The minimum absolute atomic E-state index is 0.00548. The highest BCUT2D eigenvalue weighted by atomic mass is 35.5. The van der Waals surface area contributed by atoms with Gasteiger partial charge in [-0.2, -0.15) is 0 Å². The van der Waals surface area contributed by atoms with E-state index in [9.17, 15) is 9.59 Å². The quantitative estimate of drug-likeness (QED) is 0.479. The van der Waals surface area contributed by atoms with E-state index in [4.69, 9.17) is 23.2 Å². The van der Waals surface area contributed by atoms with Gasteiger partial charge in [-0.05, 0) is 118 Å². The summed E-state index contributed by atoms with van der Waals surface area (Å²) >= 11 is 11.8. The van der Waals surface area contributed by atoms with Crippen molar-refractivity contribution in [2.24, 2.45) is 11.8 Å². The van der Waals surface area contributed by atoms with Gasteiger partial charge in [0.1, 0.15) is 0 Å². The SMILES string of the molecule is O=C(NC1CCC(CC2CCC(NC(=O)c3ccc(Cl)cc3)CC2)CC1)c1ccc(Cl)cc1. The molecule has 2 amide bonds. The molecule has 0 spiro atoms. The van der Waals surface area contributed by atoms with Gasteiger partial charge in [-0.1, -0.05) is 23.2 Å². The van der Waals surface area contributed by atoms with E-state index in [2.05, 4.69) is 10.6 Å². The van der Waals surface area contributed by atoms with Gasteiger partial charge in [0.2, 0.25) is 0 Å². The van der Waals surface area contributed by atoms with Crippen LogP contribution in [0.15, 0.2) is 48.5 Å². The lowest BCUT2D eigenvalue weighted by molar-refractivity contribution is 0.0918. The maximum atomic E-state index is 12.4. The molecule has 6 heteroatoms. The van der Waals surface area contributed by atoms with Crippen molar-refractivity contribution in [1.29, 1.82) is 0 Å². The molecule has 2 aromatic rings. The smallest absolute Gasteiger partial charge is 0.251 e. The van der Waals surface area contributed by atoms with Gasteiger partial charge in [-0.3, -0.25) is 9.59 Å². The Labute approximate surface area is 206 Å². The molecule has 2 aliphatic rings. The molecule has 0 atom stereocenters. The zero-order valence-electron chi connectivity index (χ0n) is 18.9. The first-order chi connectivity index (χ1) is 16.0. The molecule has 176 valence electrons. The van der Waals surface area contributed by atoms with Gasteiger partial charge in [0.15, 0.2) is 0 Å². The maximum Gasteiger partial charge on any atom is 0.251 e. The Hall–Kier alpha value is -2.04. The zero-order valence-corrected chi connectivity index (χ0v) is 20.4. The summed E-state index contributed by atoms with van der Waals surface area (Å²) in [5.41, 5.74) is 1.34. The van der Waals surface area contributed by atoms with E-state index in [1.807, 2.05) is 0 Å². The Kier molecular flexibility index (Phi) is 8.32. The molecule has 2 aliphatic carbocycles. The fraction of sp³-hybridized carbons (Fsp3) is 0.481. The molecule has 0 heterocycles. The second kappa shape index (κ2) is 11.4. The molecule has 33 heavy (non-hydrogen) atoms. The summed E-state index contributed by atoms with van der Waals surface area (Å²) in [4.78, 5) is 24.9. The summed E-state index contributed by atoms with van der Waals surface area (Å²) in [7, 11) is 0. The van der Waals surface area contributed by atoms with Crippen LogP contribution in [0.25, 0.3) is 0 Å². The molecule has 0 bridgehead atoms. The van der Waals surface area contributed by atoms with E-state index in [0.717, 1.165) is 37.5 Å². The van der Waals surface area contributed by atoms with Crippen LogP contribution in [0.1, 0.15) is 78.5 Å². The summed E-state index contributed by atoms with van der Waals surface area (Å²) in [5.74, 6) is 1.49. The third-order valence-corrected chi connectivity index (χ3v) is 7.75. The Morgan fingerprint density at radius 2 is 0.939 bits per heavy atom. The summed E-state index contributed by atoms with van der Waals surface area (Å²) in [6, 6.07) is 14.7. The lowest BCUT2D eigenvalue weighted by atomic mass is 9.75. The number of carbonyl (C=O) groups is 2. The van der Waals surface area contributed by atoms with Gasteiger partial charge in [0.25, 0.3) is 11.8 Å². The summed E-state index contributed by atoms with van der Waals surface area (Å²) in [6.07, 6.45) is 10.2. The summed E-state index contributed by atoms with van der Waals surface area (Å²) in [6.45, 7) is 0. The molecule has 0 radical (unpaired) electrons. The van der Waals surface area contributed by atoms with E-state index in [-0.39, 0.29) is 23.9 Å². The molecular weight excluding hydrogens is 455 g/mol. The fourth-order valence-electron chi connectivity index (χ4n) is 5.30. The largest absolute Gasteiger partial charge is 0.349 e. The Bertz CT molecular complexity index is 852. The fourth-order valence-corrected chi connectivity index (χ4v) is 5.55. The van der Waals surface area contributed by atoms with Crippen LogP contribution >= 0.6 is 23.2 Å². The minimum atomic E-state index is -0.00548. The van der Waals surface area contributed by atoms with Gasteiger partial charge in [-0.25, -0.2) is 0 Å². The summed E-state index contributed by atoms with van der Waals surface area (Å²) in [5, 5.41) is 7.67. The first-order valence-corrected chi connectivity index (χ1v) is 12.8. The van der Waals surface area contributed by atoms with E-state index in [1.54, 1.807) is 48.5 Å². The van der Waals surface area contributed by atoms with Gasteiger partial charge in [-0.15, -0.1) is 0 Å². The first-order valence-electron chi connectivity index (χ1n) is 12.1. The van der Waals surface area contributed by atoms with Crippen molar-refractivity contribution in [2.45, 2.75) is 69.9 Å². The topological polar surface area (TPSA) is 58.2 Å². The molecule has 2 N–H and O–H groups in total. The molecular formula is C27H32Cl2N2O2. The van der Waals surface area contributed by atoms with Crippen LogP contribution < -0.4 is 10.6 Å². The molecule has 0 aliphatic heterocycles. The van der Waals surface area contributed by atoms with Crippen LogP contribution in [0.4, 0.5) is 0 Å². The molecule has 0 saturated heterocycles. The molecule has 0 aromatic heterocycles. The highest BCUT2D eigenvalue weighted by molar-refractivity contribution is 6.31. The number of carbonyl (C=O) groups excluding carboxylic acids is 2. The third-order valence-electron chi connectivity index (χ3n) is 7.24. The van der Waals surface area contributed by atoms with Crippen molar-refractivity contribution in [3.05, 3.63) is 69.7 Å². The van der Waals surface area contributed by atoms with Crippen LogP contribution in [-0.4, -0.2) is 23.9 Å². The highest BCUT2D eigenvalue weighted by Crippen LogP contribution is 2.35. The predicted octanol–water partition coefficient (Wildman–Crippen LogP) is 6.66. The average molecular weight is 487 g/mol. The average Bonchev–Trinajstić information content (AvgIpc) is 2.82. The number of benzene rings is 2. The van der Waals surface area contributed by atoms with Crippen LogP contribution in [0.3, 0.4) is 0 Å². The van der Waals surface area contributed by atoms with Crippen LogP contribution in [0.5, 0.6) is 0 Å². The highest BCUT2D eigenvalue weighted by Gasteiger charge is 2.28. The third kappa shape index (κ3) is 6.97. The van der Waals surface area contributed by atoms with Crippen molar-refractivity contribution in [3.8, 4) is 0 Å². The number of nitrogens with one attached hydrogen (secondary N) is 2. The lowest BCUT2D eigenvalue weighted by Crippen LogP contribution is -2.39. The molecule has 4 rings (SSSR count). The number of hydrogen-bond donors (Lipinski definition) is 2. The van der Waals surface area contributed by atoms with Crippen molar-refractivity contribution >= 4 is 35.0 Å². The van der Waals surface area contributed by atoms with Gasteiger partial charge < -0.3 is 10.6 Å². The minimum Gasteiger partial charge on any atom is -0.349 e. The Morgan fingerprint density at radius 3 is 1.27 bits per heavy atom. The van der Waals surface area contributed by atoms with Crippen LogP contribution in [0, 0.1) is 11.8 Å². The van der Waals surface area contributed by atoms with Gasteiger partial charge >= 0.3 is 0 Å². The summed E-state index contributed by atoms with van der Waals surface area (Å²) < 4.78 is 0. The normalized spacial score (nSPS) is 25.3. The predicted molar refractivity (Wildman–Crippen MR) is 134 cm³/mol. The molecule has 0 unspecified atom stereocenters. The number of amides is 2. The monoisotopic (exact) mass is 486 g/mol. The number of halogens is 2.